The Morgan fingerprint density at radius 3 is 3.00 bits per heavy atom. The molecule has 1 aliphatic rings. The van der Waals surface area contributed by atoms with Gasteiger partial charge in [-0.15, -0.1) is 11.6 Å². The van der Waals surface area contributed by atoms with Crippen LogP contribution >= 0.6 is 11.6 Å². The van der Waals surface area contributed by atoms with Crippen LogP contribution in [-0.4, -0.2) is 38.9 Å². The lowest BCUT2D eigenvalue weighted by Gasteiger charge is -2.26. The predicted molar refractivity (Wildman–Crippen MR) is 63.1 cm³/mol. The average Bonchev–Trinajstić information content (AvgIpc) is 2.67. The van der Waals surface area contributed by atoms with Crippen molar-refractivity contribution in [3.05, 3.63) is 22.7 Å². The van der Waals surface area contributed by atoms with E-state index in [1.54, 1.807) is 0 Å². The second kappa shape index (κ2) is 4.83. The Bertz CT molecular complexity index is 492. The van der Waals surface area contributed by atoms with E-state index in [9.17, 15) is 14.3 Å². The Kier molecular flexibility index (Phi) is 3.56. The maximum Gasteiger partial charge on any atom is 0.351 e. The zero-order valence-corrected chi connectivity index (χ0v) is 10.2. The van der Waals surface area contributed by atoms with E-state index < -0.39 is 30.3 Å². The molecule has 6 nitrogen and oxygen atoms in total. The highest BCUT2D eigenvalue weighted by atomic mass is 35.5. The van der Waals surface area contributed by atoms with Gasteiger partial charge in [-0.05, 0) is 6.07 Å². The van der Waals surface area contributed by atoms with Gasteiger partial charge in [0.1, 0.15) is 23.8 Å². The van der Waals surface area contributed by atoms with E-state index in [1.165, 1.54) is 12.3 Å². The Labute approximate surface area is 107 Å². The smallest absolute Gasteiger partial charge is 0.351 e. The molecule has 3 atom stereocenters. The SMILES string of the molecule is Nc1ccn([C@H]2C[C@H](F)[C@](CO)(CCl)O2)c(=O)n1. The van der Waals surface area contributed by atoms with Crippen LogP contribution in [0.1, 0.15) is 12.6 Å². The van der Waals surface area contributed by atoms with Crippen LogP contribution in [0.4, 0.5) is 10.2 Å². The summed E-state index contributed by atoms with van der Waals surface area (Å²) >= 11 is 5.63. The van der Waals surface area contributed by atoms with E-state index in [2.05, 4.69) is 4.98 Å². The number of aliphatic hydroxyl groups is 1. The molecule has 3 N–H and O–H groups in total. The standard InChI is InChI=1S/C10H13ClFN3O3/c11-4-10(5-16)6(12)3-8(18-10)15-2-1-7(13)14-9(15)17/h1-2,6,8,16H,3-5H2,(H2,13,14,17)/t6-,8+,10+/m0/s1. The highest BCUT2D eigenvalue weighted by molar-refractivity contribution is 6.18. The van der Waals surface area contributed by atoms with Gasteiger partial charge in [0.2, 0.25) is 0 Å². The second-order valence-electron chi connectivity index (χ2n) is 4.17. The minimum Gasteiger partial charge on any atom is -0.393 e. The predicted octanol–water partition coefficient (Wildman–Crippen LogP) is 0.0524. The van der Waals surface area contributed by atoms with Crippen molar-refractivity contribution in [3.8, 4) is 0 Å². The third kappa shape index (κ3) is 2.09. The molecule has 0 unspecified atom stereocenters. The topological polar surface area (TPSA) is 90.4 Å². The molecule has 0 radical (unpaired) electrons. The normalized spacial score (nSPS) is 31.7. The number of nitrogens with two attached hydrogens (primary N) is 1. The molecule has 2 rings (SSSR count). The van der Waals surface area contributed by atoms with E-state index in [4.69, 9.17) is 22.1 Å². The van der Waals surface area contributed by atoms with Gasteiger partial charge in [-0.25, -0.2) is 9.18 Å². The number of ether oxygens (including phenoxy) is 1. The second-order valence-corrected chi connectivity index (χ2v) is 4.44. The van der Waals surface area contributed by atoms with Crippen LogP contribution < -0.4 is 11.4 Å². The number of halogens is 2. The van der Waals surface area contributed by atoms with Crippen molar-refractivity contribution in [2.24, 2.45) is 0 Å². The van der Waals surface area contributed by atoms with Crippen LogP contribution in [-0.2, 0) is 4.74 Å². The third-order valence-electron chi connectivity index (χ3n) is 3.01. The van der Waals surface area contributed by atoms with Crippen LogP contribution in [0.2, 0.25) is 0 Å². The molecule has 100 valence electrons. The fourth-order valence-electron chi connectivity index (χ4n) is 1.89. The van der Waals surface area contributed by atoms with E-state index in [-0.39, 0.29) is 18.1 Å². The minimum atomic E-state index is -1.47. The van der Waals surface area contributed by atoms with Crippen molar-refractivity contribution in [1.82, 2.24) is 9.55 Å². The monoisotopic (exact) mass is 277 g/mol. The van der Waals surface area contributed by atoms with Crippen molar-refractivity contribution >= 4 is 17.4 Å². The molecule has 1 aromatic heterocycles. The van der Waals surface area contributed by atoms with E-state index in [0.717, 1.165) is 4.57 Å². The first-order chi connectivity index (χ1) is 8.52. The first-order valence-corrected chi connectivity index (χ1v) is 5.89. The van der Waals surface area contributed by atoms with Crippen LogP contribution in [0.3, 0.4) is 0 Å². The molecule has 1 aromatic rings. The van der Waals surface area contributed by atoms with Crippen molar-refractivity contribution < 1.29 is 14.2 Å². The molecule has 0 aliphatic carbocycles. The Morgan fingerprint density at radius 1 is 1.78 bits per heavy atom. The summed E-state index contributed by atoms with van der Waals surface area (Å²) in [6.45, 7) is -0.550. The fraction of sp³-hybridized carbons (Fsp3) is 0.600. The molecular formula is C10H13ClFN3O3. The van der Waals surface area contributed by atoms with Gasteiger partial charge in [-0.2, -0.15) is 4.98 Å². The number of nitrogen functional groups attached to an aromatic ring is 1. The summed E-state index contributed by atoms with van der Waals surface area (Å²) in [4.78, 5) is 15.1. The summed E-state index contributed by atoms with van der Waals surface area (Å²) in [6.07, 6.45) is -0.983. The molecule has 2 heterocycles. The molecule has 0 spiro atoms. The molecule has 8 heteroatoms. The van der Waals surface area contributed by atoms with Crippen molar-refractivity contribution in [3.63, 3.8) is 0 Å². The van der Waals surface area contributed by atoms with Gasteiger partial charge in [-0.3, -0.25) is 4.57 Å². The lowest BCUT2D eigenvalue weighted by Crippen LogP contribution is -2.43. The minimum absolute atomic E-state index is 0.0707. The summed E-state index contributed by atoms with van der Waals surface area (Å²) < 4.78 is 20.4. The zero-order valence-electron chi connectivity index (χ0n) is 9.42. The summed E-state index contributed by atoms with van der Waals surface area (Å²) in [5.74, 6) is -0.116. The van der Waals surface area contributed by atoms with Crippen LogP contribution in [0.15, 0.2) is 17.1 Å². The number of alkyl halides is 2. The molecule has 18 heavy (non-hydrogen) atoms. The fourth-order valence-corrected chi connectivity index (χ4v) is 2.21. The summed E-state index contributed by atoms with van der Waals surface area (Å²) in [7, 11) is 0. The first-order valence-electron chi connectivity index (χ1n) is 5.36. The highest BCUT2D eigenvalue weighted by Gasteiger charge is 2.49. The number of rotatable bonds is 3. The number of anilines is 1. The molecule has 1 fully saturated rings. The zero-order chi connectivity index (χ0) is 13.3. The van der Waals surface area contributed by atoms with E-state index in [0.29, 0.717) is 0 Å². The maximum atomic E-state index is 13.9. The van der Waals surface area contributed by atoms with Gasteiger partial charge >= 0.3 is 5.69 Å². The van der Waals surface area contributed by atoms with Gasteiger partial charge in [0.25, 0.3) is 0 Å². The average molecular weight is 278 g/mol. The summed E-state index contributed by atoms with van der Waals surface area (Å²) in [5.41, 5.74) is 3.26. The number of aliphatic hydroxyl groups excluding tert-OH is 1. The number of aromatic nitrogens is 2. The van der Waals surface area contributed by atoms with Gasteiger partial charge in [0.15, 0.2) is 0 Å². The van der Waals surface area contributed by atoms with E-state index in [1.807, 2.05) is 0 Å². The largest absolute Gasteiger partial charge is 0.393 e. The molecule has 0 bridgehead atoms. The number of nitrogens with zero attached hydrogens (tertiary/aromatic N) is 2. The van der Waals surface area contributed by atoms with Gasteiger partial charge in [0, 0.05) is 12.6 Å². The Balaban J connectivity index is 2.30. The Morgan fingerprint density at radius 2 is 2.50 bits per heavy atom. The van der Waals surface area contributed by atoms with E-state index >= 15 is 0 Å². The lowest BCUT2D eigenvalue weighted by molar-refractivity contribution is -0.102. The molecule has 0 aromatic carbocycles. The number of hydrogen-bond acceptors (Lipinski definition) is 5. The molecule has 1 aliphatic heterocycles. The number of hydrogen-bond donors (Lipinski definition) is 2. The Hall–Kier alpha value is -1.18. The summed E-state index contributed by atoms with van der Waals surface area (Å²) in [5, 5.41) is 9.19. The van der Waals surface area contributed by atoms with Crippen molar-refractivity contribution in [1.29, 1.82) is 0 Å². The molecule has 0 amide bonds. The van der Waals surface area contributed by atoms with Gasteiger partial charge < -0.3 is 15.6 Å². The van der Waals surface area contributed by atoms with Gasteiger partial charge in [0.05, 0.1) is 12.5 Å². The maximum absolute atomic E-state index is 13.9. The van der Waals surface area contributed by atoms with Crippen LogP contribution in [0, 0.1) is 0 Å². The quantitative estimate of drug-likeness (QED) is 0.762. The lowest BCUT2D eigenvalue weighted by atomic mass is 10.0. The van der Waals surface area contributed by atoms with Crippen LogP contribution in [0.5, 0.6) is 0 Å². The van der Waals surface area contributed by atoms with Gasteiger partial charge in [-0.1, -0.05) is 0 Å². The first kappa shape index (κ1) is 13.3. The van der Waals surface area contributed by atoms with Crippen molar-refractivity contribution in [2.45, 2.75) is 24.4 Å². The molecule has 0 saturated carbocycles. The highest BCUT2D eigenvalue weighted by Crippen LogP contribution is 2.38. The third-order valence-corrected chi connectivity index (χ3v) is 3.46. The van der Waals surface area contributed by atoms with Crippen molar-refractivity contribution in [2.75, 3.05) is 18.2 Å². The van der Waals surface area contributed by atoms with Crippen LogP contribution in [0.25, 0.3) is 0 Å². The molecule has 1 saturated heterocycles. The summed E-state index contributed by atoms with van der Waals surface area (Å²) in [6, 6.07) is 1.41. The molecular weight excluding hydrogens is 265 g/mol.